The molecule has 1 fully saturated rings. The molecule has 1 saturated heterocycles. The number of nitrogens with two attached hydrogens (primary N) is 1. The van der Waals surface area contributed by atoms with Gasteiger partial charge in [0.15, 0.2) is 0 Å². The molecule has 5 unspecified atom stereocenters. The predicted molar refractivity (Wildman–Crippen MR) is 109 cm³/mol. The lowest BCUT2D eigenvalue weighted by Crippen LogP contribution is -2.63. The summed E-state index contributed by atoms with van der Waals surface area (Å²) >= 11 is 0. The van der Waals surface area contributed by atoms with E-state index in [4.69, 9.17) is 10.8 Å². The van der Waals surface area contributed by atoms with Crippen molar-refractivity contribution in [3.8, 4) is 0 Å². The number of nitrogens with zero attached hydrogens (tertiary/aromatic N) is 1. The second-order valence-electron chi connectivity index (χ2n) is 8.09. The minimum atomic E-state index is -1.49. The van der Waals surface area contributed by atoms with E-state index in [0.29, 0.717) is 0 Å². The lowest BCUT2D eigenvalue weighted by molar-refractivity contribution is -0.152. The van der Waals surface area contributed by atoms with Gasteiger partial charge in [-0.25, -0.2) is 0 Å². The zero-order chi connectivity index (χ0) is 24.7. The third-order valence-corrected chi connectivity index (χ3v) is 5.09. The van der Waals surface area contributed by atoms with Crippen molar-refractivity contribution in [3.63, 3.8) is 0 Å². The molecule has 0 bridgehead atoms. The quantitative estimate of drug-likeness (QED) is 0.200. The number of hydrogen-bond donors (Lipinski definition) is 6. The maximum atomic E-state index is 13.1. The Balaban J connectivity index is 3.09. The van der Waals surface area contributed by atoms with Gasteiger partial charge in [-0.05, 0) is 19.3 Å². The topological polar surface area (TPSA) is 208 Å². The summed E-state index contributed by atoms with van der Waals surface area (Å²) in [5, 5.41) is 26.5. The number of carboxylic acids is 1. The molecule has 7 N–H and O–H groups in total. The monoisotopic (exact) mass is 457 g/mol. The second-order valence-corrected chi connectivity index (χ2v) is 8.09. The number of primary amides is 1. The summed E-state index contributed by atoms with van der Waals surface area (Å²) in [6, 6.07) is -2.34. The third kappa shape index (κ3) is 7.18. The highest BCUT2D eigenvalue weighted by Crippen LogP contribution is 2.18. The number of carbonyl (C=O) groups excluding carboxylic acids is 5. The van der Waals surface area contributed by atoms with Crippen LogP contribution in [0.5, 0.6) is 0 Å². The molecule has 1 rings (SSSR count). The van der Waals surface area contributed by atoms with Gasteiger partial charge in [0.1, 0.15) is 30.3 Å². The maximum Gasteiger partial charge on any atom is 0.325 e. The van der Waals surface area contributed by atoms with Gasteiger partial charge in [-0.2, -0.15) is 0 Å². The van der Waals surface area contributed by atoms with Crippen LogP contribution in [0.4, 0.5) is 0 Å². The molecule has 0 radical (unpaired) electrons. The molecule has 0 spiro atoms. The Labute approximate surface area is 185 Å². The number of likely N-dealkylation sites (N-methyl/N-ethyl adjacent to an activating group) is 1. The summed E-state index contributed by atoms with van der Waals surface area (Å²) in [7, 11) is 1.25. The van der Waals surface area contributed by atoms with Crippen molar-refractivity contribution in [3.05, 3.63) is 0 Å². The van der Waals surface area contributed by atoms with E-state index in [1.807, 2.05) is 0 Å². The molecule has 180 valence electrons. The number of carboxylic acid groups (broad SMARTS) is 1. The average Bonchev–Trinajstić information content (AvgIpc) is 2.66. The largest absolute Gasteiger partial charge is 0.480 e. The number of hydrogen-bond acceptors (Lipinski definition) is 7. The lowest BCUT2D eigenvalue weighted by Gasteiger charge is -2.37. The van der Waals surface area contributed by atoms with Crippen LogP contribution >= 0.6 is 0 Å². The summed E-state index contributed by atoms with van der Waals surface area (Å²) < 4.78 is 0. The molecule has 0 aromatic carbocycles. The smallest absolute Gasteiger partial charge is 0.325 e. The number of aliphatic hydroxyl groups is 1. The van der Waals surface area contributed by atoms with Gasteiger partial charge in [0.25, 0.3) is 0 Å². The number of nitrogens with one attached hydrogen (secondary N) is 3. The van der Waals surface area contributed by atoms with E-state index in [1.54, 1.807) is 13.8 Å². The zero-order valence-electron chi connectivity index (χ0n) is 18.5. The van der Waals surface area contributed by atoms with Gasteiger partial charge >= 0.3 is 5.97 Å². The van der Waals surface area contributed by atoms with E-state index >= 15 is 0 Å². The van der Waals surface area contributed by atoms with Gasteiger partial charge in [-0.1, -0.05) is 13.8 Å². The van der Waals surface area contributed by atoms with Crippen LogP contribution in [0, 0.1) is 11.8 Å². The van der Waals surface area contributed by atoms with Gasteiger partial charge in [0.05, 0.1) is 6.42 Å². The molecule has 1 heterocycles. The van der Waals surface area contributed by atoms with E-state index in [1.165, 1.54) is 14.0 Å². The lowest BCUT2D eigenvalue weighted by atomic mass is 9.92. The third-order valence-electron chi connectivity index (χ3n) is 5.09. The molecule has 1 aliphatic rings. The van der Waals surface area contributed by atoms with Gasteiger partial charge in [-0.15, -0.1) is 0 Å². The summed E-state index contributed by atoms with van der Waals surface area (Å²) in [6.45, 7) is 4.42. The molecule has 1 aliphatic heterocycles. The first-order valence-electron chi connectivity index (χ1n) is 10.1. The Hall–Kier alpha value is -3.22. The van der Waals surface area contributed by atoms with Gasteiger partial charge in [0, 0.05) is 13.5 Å². The van der Waals surface area contributed by atoms with E-state index < -0.39 is 78.1 Å². The highest BCUT2D eigenvalue weighted by molar-refractivity contribution is 6.02. The van der Waals surface area contributed by atoms with Crippen LogP contribution in [0.25, 0.3) is 0 Å². The van der Waals surface area contributed by atoms with Crippen LogP contribution in [0.1, 0.15) is 40.0 Å². The zero-order valence-corrected chi connectivity index (χ0v) is 18.5. The van der Waals surface area contributed by atoms with E-state index in [-0.39, 0.29) is 12.8 Å². The highest BCUT2D eigenvalue weighted by Gasteiger charge is 2.40. The van der Waals surface area contributed by atoms with E-state index in [9.17, 15) is 33.9 Å². The fraction of sp³-hybridized carbons (Fsp3) is 0.684. The Morgan fingerprint density at radius 1 is 1.19 bits per heavy atom. The number of aliphatic carboxylic acids is 1. The number of rotatable bonds is 9. The molecule has 0 aromatic rings. The number of aliphatic hydroxyl groups excluding tert-OH is 1. The van der Waals surface area contributed by atoms with Crippen molar-refractivity contribution in [2.75, 3.05) is 7.05 Å². The average molecular weight is 457 g/mol. The van der Waals surface area contributed by atoms with E-state index in [2.05, 4.69) is 16.0 Å². The number of amides is 5. The minimum absolute atomic E-state index is 0.0719. The molecule has 0 saturated carbocycles. The van der Waals surface area contributed by atoms with Gasteiger partial charge in [-0.3, -0.25) is 28.8 Å². The standard InChI is InChI=1S/C19H31N5O8/c1-8(2)14(17(29)21-9(3)19(31)32)18(30)24(4)15-11(25)7-13(27)22-10(16(28)23-15)5-6-12(20)26/h8-11,14-15,25H,5-7H2,1-4H3,(H2,20,26)(H,21,29)(H,22,27)(H,23,28)(H,31,32). The molecule has 5 amide bonds. The van der Waals surface area contributed by atoms with Gasteiger partial charge < -0.3 is 36.8 Å². The summed E-state index contributed by atoms with van der Waals surface area (Å²) in [4.78, 5) is 73.4. The van der Waals surface area contributed by atoms with Crippen molar-refractivity contribution in [2.24, 2.45) is 17.6 Å². The van der Waals surface area contributed by atoms with Crippen LogP contribution in [0.2, 0.25) is 0 Å². The molecular formula is C19H31N5O8. The summed E-state index contributed by atoms with van der Waals surface area (Å²) in [5.41, 5.74) is 5.09. The summed E-state index contributed by atoms with van der Waals surface area (Å²) in [5.74, 6) is -6.81. The first-order chi connectivity index (χ1) is 14.8. The number of carbonyl (C=O) groups is 6. The first-order valence-corrected chi connectivity index (χ1v) is 10.1. The Morgan fingerprint density at radius 3 is 2.28 bits per heavy atom. The highest BCUT2D eigenvalue weighted by atomic mass is 16.4. The fourth-order valence-electron chi connectivity index (χ4n) is 3.23. The minimum Gasteiger partial charge on any atom is -0.480 e. The molecule has 5 atom stereocenters. The van der Waals surface area contributed by atoms with Crippen molar-refractivity contribution in [2.45, 2.75) is 64.4 Å². The molecule has 13 heteroatoms. The van der Waals surface area contributed by atoms with Crippen LogP contribution in [0.3, 0.4) is 0 Å². The maximum absolute atomic E-state index is 13.1. The van der Waals surface area contributed by atoms with Crippen LogP contribution in [-0.2, 0) is 28.8 Å². The van der Waals surface area contributed by atoms with Gasteiger partial charge in [0.2, 0.25) is 29.5 Å². The summed E-state index contributed by atoms with van der Waals surface area (Å²) in [6.07, 6.45) is -3.53. The fourth-order valence-corrected chi connectivity index (χ4v) is 3.23. The molecular weight excluding hydrogens is 426 g/mol. The van der Waals surface area contributed by atoms with Crippen LogP contribution in [-0.4, -0.2) is 82.0 Å². The van der Waals surface area contributed by atoms with Crippen LogP contribution in [0.15, 0.2) is 0 Å². The Morgan fingerprint density at radius 2 is 1.78 bits per heavy atom. The SMILES string of the molecule is CC(NC(=O)C(C(=O)N(C)C1NC(=O)C(CCC(N)=O)NC(=O)CC1O)C(C)C)C(=O)O. The van der Waals surface area contributed by atoms with Crippen molar-refractivity contribution >= 4 is 35.5 Å². The predicted octanol–water partition coefficient (Wildman–Crippen LogP) is -2.74. The second kappa shape index (κ2) is 11.4. The molecule has 0 aromatic heterocycles. The normalized spacial score (nSPS) is 23.1. The molecule has 32 heavy (non-hydrogen) atoms. The van der Waals surface area contributed by atoms with Crippen molar-refractivity contribution < 1.29 is 39.0 Å². The first kappa shape index (κ1) is 26.8. The van der Waals surface area contributed by atoms with Crippen molar-refractivity contribution in [1.82, 2.24) is 20.9 Å². The molecule has 0 aliphatic carbocycles. The van der Waals surface area contributed by atoms with Crippen LogP contribution < -0.4 is 21.7 Å². The molecule has 13 nitrogen and oxygen atoms in total. The Kier molecular flexibility index (Phi) is 9.56. The van der Waals surface area contributed by atoms with Crippen molar-refractivity contribution in [1.29, 1.82) is 0 Å². The van der Waals surface area contributed by atoms with E-state index in [0.717, 1.165) is 4.90 Å². The Bertz CT molecular complexity index is 771.